The second-order valence-corrected chi connectivity index (χ2v) is 9.33. The lowest BCUT2D eigenvalue weighted by Crippen LogP contribution is -2.36. The van der Waals surface area contributed by atoms with Crippen LogP contribution >= 0.6 is 0 Å². The summed E-state index contributed by atoms with van der Waals surface area (Å²) in [6, 6.07) is 8.08. The van der Waals surface area contributed by atoms with Crippen LogP contribution < -0.4 is 0 Å². The normalized spacial score (nSPS) is 25.9. The van der Waals surface area contributed by atoms with E-state index in [1.165, 1.54) is 5.56 Å². The Hall–Kier alpha value is -2.67. The maximum atomic E-state index is 12.9. The fraction of sp³-hybridized carbons (Fsp3) is 0.542. The molecule has 1 aliphatic heterocycles. The summed E-state index contributed by atoms with van der Waals surface area (Å²) >= 11 is 0. The molecule has 2 aliphatic rings. The zero-order valence-electron chi connectivity index (χ0n) is 18.5. The largest absolute Gasteiger partial charge is 0.391 e. The Morgan fingerprint density at radius 2 is 1.87 bits per heavy atom. The van der Waals surface area contributed by atoms with Gasteiger partial charge >= 0.3 is 0 Å². The van der Waals surface area contributed by atoms with Crippen LogP contribution in [0.25, 0.3) is 11.0 Å². The number of nitrogens with zero attached hydrogens (tertiary/aromatic N) is 5. The SMILES string of the molecule is Cc1nn(CCC(=O)N2C[C@H]3C[C@@H](n4cnc5ccccc54)[C@H](O)C[C@H]3C2)c(C)c1C. The average Bonchev–Trinajstić information content (AvgIpc) is 3.44. The number of amides is 1. The maximum Gasteiger partial charge on any atom is 0.224 e. The van der Waals surface area contributed by atoms with Gasteiger partial charge in [-0.05, 0) is 63.1 Å². The lowest BCUT2D eigenvalue weighted by Gasteiger charge is -2.36. The summed E-state index contributed by atoms with van der Waals surface area (Å²) in [4.78, 5) is 19.5. The van der Waals surface area contributed by atoms with Crippen LogP contribution in [0.1, 0.15) is 42.3 Å². The van der Waals surface area contributed by atoms with Crippen LogP contribution in [0.3, 0.4) is 0 Å². The molecular formula is C24H31N5O2. The molecule has 1 saturated carbocycles. The molecule has 1 saturated heterocycles. The molecule has 7 nitrogen and oxygen atoms in total. The predicted octanol–water partition coefficient (Wildman–Crippen LogP) is 3.02. The van der Waals surface area contributed by atoms with Gasteiger partial charge < -0.3 is 14.6 Å². The average molecular weight is 422 g/mol. The Balaban J connectivity index is 1.25. The number of carbonyl (C=O) groups excluding carboxylic acids is 1. The number of carbonyl (C=O) groups is 1. The highest BCUT2D eigenvalue weighted by molar-refractivity contribution is 5.76. The minimum absolute atomic E-state index is 0.0152. The lowest BCUT2D eigenvalue weighted by molar-refractivity contribution is -0.130. The van der Waals surface area contributed by atoms with E-state index in [1.807, 2.05) is 41.0 Å². The minimum Gasteiger partial charge on any atom is -0.391 e. The van der Waals surface area contributed by atoms with Crippen molar-refractivity contribution in [2.45, 2.75) is 58.7 Å². The molecule has 1 amide bonds. The molecule has 1 aromatic carbocycles. The van der Waals surface area contributed by atoms with Crippen LogP contribution in [0.5, 0.6) is 0 Å². The molecule has 5 rings (SSSR count). The number of benzene rings is 1. The number of hydrogen-bond donors (Lipinski definition) is 1. The highest BCUT2D eigenvalue weighted by atomic mass is 16.3. The zero-order valence-corrected chi connectivity index (χ0v) is 18.5. The molecule has 0 bridgehead atoms. The molecule has 31 heavy (non-hydrogen) atoms. The third-order valence-corrected chi connectivity index (χ3v) is 7.58. The number of hydrogen-bond acceptors (Lipinski definition) is 4. The van der Waals surface area contributed by atoms with E-state index >= 15 is 0 Å². The fourth-order valence-corrected chi connectivity index (χ4v) is 5.52. The van der Waals surface area contributed by atoms with Gasteiger partial charge in [0.2, 0.25) is 5.91 Å². The molecule has 7 heteroatoms. The number of rotatable bonds is 4. The Morgan fingerprint density at radius 3 is 2.61 bits per heavy atom. The van der Waals surface area contributed by atoms with E-state index in [0.29, 0.717) is 24.8 Å². The Labute approximate surface area is 182 Å². The summed E-state index contributed by atoms with van der Waals surface area (Å²) in [6.07, 6.45) is 3.53. The third kappa shape index (κ3) is 3.55. The summed E-state index contributed by atoms with van der Waals surface area (Å²) in [5.74, 6) is 0.995. The monoisotopic (exact) mass is 421 g/mol. The van der Waals surface area contributed by atoms with E-state index in [-0.39, 0.29) is 11.9 Å². The predicted molar refractivity (Wildman–Crippen MR) is 119 cm³/mol. The van der Waals surface area contributed by atoms with E-state index in [9.17, 15) is 9.90 Å². The molecule has 0 radical (unpaired) electrons. The van der Waals surface area contributed by atoms with E-state index in [1.54, 1.807) is 0 Å². The van der Waals surface area contributed by atoms with Gasteiger partial charge in [-0.1, -0.05) is 12.1 Å². The van der Waals surface area contributed by atoms with Crippen molar-refractivity contribution in [1.82, 2.24) is 24.2 Å². The Kier molecular flexibility index (Phi) is 5.08. The van der Waals surface area contributed by atoms with Gasteiger partial charge in [-0.2, -0.15) is 5.10 Å². The second kappa shape index (κ2) is 7.79. The number of fused-ring (bicyclic) bond motifs is 2. The topological polar surface area (TPSA) is 76.2 Å². The van der Waals surface area contributed by atoms with Gasteiger partial charge in [0, 0.05) is 31.7 Å². The van der Waals surface area contributed by atoms with Gasteiger partial charge in [-0.3, -0.25) is 9.48 Å². The van der Waals surface area contributed by atoms with Crippen molar-refractivity contribution in [3.05, 3.63) is 47.5 Å². The van der Waals surface area contributed by atoms with Crippen molar-refractivity contribution < 1.29 is 9.90 Å². The molecular weight excluding hydrogens is 390 g/mol. The van der Waals surface area contributed by atoms with Crippen LogP contribution in [0.2, 0.25) is 0 Å². The van der Waals surface area contributed by atoms with Crippen molar-refractivity contribution in [1.29, 1.82) is 0 Å². The molecule has 1 aliphatic carbocycles. The number of aliphatic hydroxyl groups is 1. The van der Waals surface area contributed by atoms with Crippen molar-refractivity contribution in [3.63, 3.8) is 0 Å². The maximum absolute atomic E-state index is 12.9. The summed E-state index contributed by atoms with van der Waals surface area (Å²) in [7, 11) is 0. The van der Waals surface area contributed by atoms with Gasteiger partial charge in [0.25, 0.3) is 0 Å². The van der Waals surface area contributed by atoms with Gasteiger partial charge in [0.15, 0.2) is 0 Å². The van der Waals surface area contributed by atoms with Crippen LogP contribution in [0.4, 0.5) is 0 Å². The number of aromatic nitrogens is 4. The summed E-state index contributed by atoms with van der Waals surface area (Å²) in [5.41, 5.74) is 5.39. The van der Waals surface area contributed by atoms with Crippen LogP contribution in [-0.4, -0.2) is 54.4 Å². The molecule has 2 aromatic heterocycles. The number of likely N-dealkylation sites (tertiary alicyclic amines) is 1. The molecule has 3 aromatic rings. The number of aryl methyl sites for hydroxylation is 2. The van der Waals surface area contributed by atoms with Crippen LogP contribution in [0.15, 0.2) is 30.6 Å². The number of aliphatic hydroxyl groups excluding tert-OH is 1. The van der Waals surface area contributed by atoms with Crippen LogP contribution in [0, 0.1) is 32.6 Å². The fourth-order valence-electron chi connectivity index (χ4n) is 5.52. The molecule has 2 fully saturated rings. The molecule has 164 valence electrons. The second-order valence-electron chi connectivity index (χ2n) is 9.33. The minimum atomic E-state index is -0.411. The van der Waals surface area contributed by atoms with E-state index in [2.05, 4.69) is 34.6 Å². The van der Waals surface area contributed by atoms with Crippen molar-refractivity contribution in [2.75, 3.05) is 13.1 Å². The van der Waals surface area contributed by atoms with Crippen molar-refractivity contribution >= 4 is 16.9 Å². The van der Waals surface area contributed by atoms with Gasteiger partial charge in [-0.25, -0.2) is 4.98 Å². The van der Waals surface area contributed by atoms with Gasteiger partial charge in [0.05, 0.1) is 35.2 Å². The Bertz CT molecular complexity index is 1120. The number of para-hydroxylation sites is 2. The summed E-state index contributed by atoms with van der Waals surface area (Å²) in [5, 5.41) is 15.5. The lowest BCUT2D eigenvalue weighted by atomic mass is 9.77. The highest BCUT2D eigenvalue weighted by Gasteiger charge is 2.43. The molecule has 3 heterocycles. The molecule has 1 N–H and O–H groups in total. The van der Waals surface area contributed by atoms with Gasteiger partial charge in [0.1, 0.15) is 0 Å². The molecule has 4 atom stereocenters. The van der Waals surface area contributed by atoms with Gasteiger partial charge in [-0.15, -0.1) is 0 Å². The third-order valence-electron chi connectivity index (χ3n) is 7.58. The van der Waals surface area contributed by atoms with E-state index in [4.69, 9.17) is 0 Å². The van der Waals surface area contributed by atoms with E-state index in [0.717, 1.165) is 48.4 Å². The van der Waals surface area contributed by atoms with Crippen molar-refractivity contribution in [2.24, 2.45) is 11.8 Å². The first-order valence-corrected chi connectivity index (χ1v) is 11.3. The first kappa shape index (κ1) is 20.2. The number of imidazole rings is 1. The summed E-state index contributed by atoms with van der Waals surface area (Å²) in [6.45, 7) is 8.32. The standard InChI is InChI=1S/C24H31N5O2/c1-15-16(2)26-29(17(15)3)9-8-24(31)27-12-18-10-22(23(30)11-19(18)13-27)28-14-25-20-6-4-5-7-21(20)28/h4-7,14,18-19,22-23,30H,8-13H2,1-3H3/t18-,19+,22-,23-/m1/s1. The summed E-state index contributed by atoms with van der Waals surface area (Å²) < 4.78 is 4.08. The first-order valence-electron chi connectivity index (χ1n) is 11.3. The van der Waals surface area contributed by atoms with E-state index < -0.39 is 6.10 Å². The zero-order chi connectivity index (χ0) is 21.7. The highest BCUT2D eigenvalue weighted by Crippen LogP contribution is 2.42. The smallest absolute Gasteiger partial charge is 0.224 e. The van der Waals surface area contributed by atoms with Crippen molar-refractivity contribution in [3.8, 4) is 0 Å². The first-order chi connectivity index (χ1) is 14.9. The van der Waals surface area contributed by atoms with Crippen LogP contribution in [-0.2, 0) is 11.3 Å². The Morgan fingerprint density at radius 1 is 1.13 bits per heavy atom. The molecule has 0 unspecified atom stereocenters. The quantitative estimate of drug-likeness (QED) is 0.703. The molecule has 0 spiro atoms.